The van der Waals surface area contributed by atoms with Crippen LogP contribution in [0.3, 0.4) is 0 Å². The highest BCUT2D eigenvalue weighted by Gasteiger charge is 2.73. The van der Waals surface area contributed by atoms with E-state index in [2.05, 4.69) is 13.8 Å². The number of alkyl halides is 3. The SMILES string of the molecule is C[C@H](CO)[C@H]1CC[C@H]2[C@@H]3CC4[C@](C)(CC[C@@]4(O)C(F)(F)F)[C@H]3CC[C@]12C. The number of aliphatic hydroxyl groups excluding tert-OH is 1. The van der Waals surface area contributed by atoms with Crippen LogP contribution in [0, 0.1) is 46.3 Å². The summed E-state index contributed by atoms with van der Waals surface area (Å²) in [5.41, 5.74) is -2.74. The van der Waals surface area contributed by atoms with Crippen LogP contribution in [0.2, 0.25) is 0 Å². The molecule has 0 aliphatic heterocycles. The summed E-state index contributed by atoms with van der Waals surface area (Å²) >= 11 is 0. The summed E-state index contributed by atoms with van der Waals surface area (Å²) in [5.74, 6) is 1.12. The standard InChI is InChI=1S/C21H33F3O2/c1-12(11-25)14-4-5-15-13-10-17-19(3,16(13)6-7-18(14,15)2)8-9-20(17,26)21(22,23)24/h12-17,25-26H,4-11H2,1-3H3/t12-,13+,14-,15+,16+,17?,18-,19-,20+/m1/s1. The Labute approximate surface area is 154 Å². The summed E-state index contributed by atoms with van der Waals surface area (Å²) in [6.07, 6.45) is 0.542. The Morgan fingerprint density at radius 1 is 1.00 bits per heavy atom. The molecule has 4 rings (SSSR count). The van der Waals surface area contributed by atoms with Crippen LogP contribution in [0.15, 0.2) is 0 Å². The minimum absolute atomic E-state index is 0.132. The largest absolute Gasteiger partial charge is 0.417 e. The number of aliphatic hydroxyl groups is 2. The predicted molar refractivity (Wildman–Crippen MR) is 93.2 cm³/mol. The van der Waals surface area contributed by atoms with Crippen LogP contribution in [0.25, 0.3) is 0 Å². The number of rotatable bonds is 2. The zero-order valence-corrected chi connectivity index (χ0v) is 16.1. The first-order chi connectivity index (χ1) is 12.0. The monoisotopic (exact) mass is 374 g/mol. The van der Waals surface area contributed by atoms with E-state index in [0.717, 1.165) is 25.7 Å². The highest BCUT2D eigenvalue weighted by atomic mass is 19.4. The summed E-state index contributed by atoms with van der Waals surface area (Å²) in [6, 6.07) is 0. The third kappa shape index (κ3) is 2.19. The smallest absolute Gasteiger partial charge is 0.396 e. The molecule has 0 radical (unpaired) electrons. The molecule has 5 heteroatoms. The third-order valence-electron chi connectivity index (χ3n) is 9.75. The summed E-state index contributed by atoms with van der Waals surface area (Å²) in [6.45, 7) is 6.65. The first-order valence-electron chi connectivity index (χ1n) is 10.4. The van der Waals surface area contributed by atoms with Crippen molar-refractivity contribution in [3.05, 3.63) is 0 Å². The lowest BCUT2D eigenvalue weighted by molar-refractivity contribution is -0.276. The molecular formula is C21H33F3O2. The molecule has 150 valence electrons. The van der Waals surface area contributed by atoms with E-state index in [0.29, 0.717) is 36.5 Å². The maximum absolute atomic E-state index is 13.7. The van der Waals surface area contributed by atoms with Gasteiger partial charge >= 0.3 is 6.18 Å². The number of hydrogen-bond acceptors (Lipinski definition) is 2. The van der Waals surface area contributed by atoms with Crippen LogP contribution in [0.1, 0.15) is 65.7 Å². The molecule has 2 N–H and O–H groups in total. The van der Waals surface area contributed by atoms with Crippen LogP contribution in [0.5, 0.6) is 0 Å². The summed E-state index contributed by atoms with van der Waals surface area (Å²) < 4.78 is 41.1. The van der Waals surface area contributed by atoms with Gasteiger partial charge in [-0.2, -0.15) is 13.2 Å². The van der Waals surface area contributed by atoms with Gasteiger partial charge in [0.25, 0.3) is 0 Å². The van der Waals surface area contributed by atoms with E-state index in [4.69, 9.17) is 0 Å². The molecule has 2 nitrogen and oxygen atoms in total. The first-order valence-corrected chi connectivity index (χ1v) is 10.4. The van der Waals surface area contributed by atoms with E-state index >= 15 is 0 Å². The van der Waals surface area contributed by atoms with Crippen LogP contribution in [-0.2, 0) is 0 Å². The van der Waals surface area contributed by atoms with Crippen molar-refractivity contribution in [3.8, 4) is 0 Å². The molecular weight excluding hydrogens is 341 g/mol. The quantitative estimate of drug-likeness (QED) is 0.730. The minimum Gasteiger partial charge on any atom is -0.396 e. The van der Waals surface area contributed by atoms with Crippen molar-refractivity contribution < 1.29 is 23.4 Å². The zero-order chi connectivity index (χ0) is 19.1. The molecule has 0 spiro atoms. The summed E-state index contributed by atoms with van der Waals surface area (Å²) in [5, 5.41) is 20.3. The molecule has 0 aromatic carbocycles. The van der Waals surface area contributed by atoms with Gasteiger partial charge in [0.1, 0.15) is 0 Å². The van der Waals surface area contributed by atoms with Crippen LogP contribution in [0.4, 0.5) is 13.2 Å². The van der Waals surface area contributed by atoms with Gasteiger partial charge in [-0.05, 0) is 85.4 Å². The summed E-state index contributed by atoms with van der Waals surface area (Å²) in [7, 11) is 0. The number of fused-ring (bicyclic) bond motifs is 5. The van der Waals surface area contributed by atoms with E-state index in [9.17, 15) is 23.4 Å². The second-order valence-corrected chi connectivity index (χ2v) is 10.5. The molecule has 1 unspecified atom stereocenters. The Hall–Kier alpha value is -0.290. The van der Waals surface area contributed by atoms with Gasteiger partial charge in [0.05, 0.1) is 0 Å². The molecule has 9 atom stereocenters. The van der Waals surface area contributed by atoms with Gasteiger partial charge < -0.3 is 10.2 Å². The molecule has 4 aliphatic carbocycles. The normalized spacial score (nSPS) is 54.7. The second kappa shape index (κ2) is 5.62. The van der Waals surface area contributed by atoms with Crippen molar-refractivity contribution in [2.45, 2.75) is 77.5 Å². The van der Waals surface area contributed by atoms with Crippen molar-refractivity contribution in [3.63, 3.8) is 0 Å². The summed E-state index contributed by atoms with van der Waals surface area (Å²) in [4.78, 5) is 0. The first kappa shape index (κ1) is 19.0. The molecule has 0 saturated heterocycles. The molecule has 26 heavy (non-hydrogen) atoms. The highest BCUT2D eigenvalue weighted by Crippen LogP contribution is 2.73. The lowest BCUT2D eigenvalue weighted by Crippen LogP contribution is -2.50. The Morgan fingerprint density at radius 3 is 2.27 bits per heavy atom. The Balaban J connectivity index is 1.65. The van der Waals surface area contributed by atoms with Crippen LogP contribution in [-0.4, -0.2) is 28.6 Å². The van der Waals surface area contributed by atoms with E-state index in [1.807, 2.05) is 6.92 Å². The second-order valence-electron chi connectivity index (χ2n) is 10.5. The van der Waals surface area contributed by atoms with Crippen molar-refractivity contribution in [1.82, 2.24) is 0 Å². The molecule has 0 bridgehead atoms. The zero-order valence-electron chi connectivity index (χ0n) is 16.1. The molecule has 0 aromatic heterocycles. The average molecular weight is 374 g/mol. The van der Waals surface area contributed by atoms with Gasteiger partial charge in [0, 0.05) is 12.5 Å². The average Bonchev–Trinajstić information content (AvgIpc) is 3.14. The van der Waals surface area contributed by atoms with Gasteiger partial charge in [-0.1, -0.05) is 20.8 Å². The van der Waals surface area contributed by atoms with Crippen molar-refractivity contribution in [1.29, 1.82) is 0 Å². The van der Waals surface area contributed by atoms with Crippen molar-refractivity contribution in [2.75, 3.05) is 6.61 Å². The lowest BCUT2D eigenvalue weighted by atomic mass is 9.55. The topological polar surface area (TPSA) is 40.5 Å². The molecule has 0 amide bonds. The maximum atomic E-state index is 13.7. The van der Waals surface area contributed by atoms with E-state index in [1.54, 1.807) is 0 Å². The third-order valence-corrected chi connectivity index (χ3v) is 9.75. The fourth-order valence-corrected chi connectivity index (χ4v) is 8.41. The van der Waals surface area contributed by atoms with Gasteiger partial charge in [-0.3, -0.25) is 0 Å². The number of halogens is 3. The van der Waals surface area contributed by atoms with E-state index < -0.39 is 17.7 Å². The van der Waals surface area contributed by atoms with E-state index in [-0.39, 0.29) is 29.8 Å². The predicted octanol–water partition coefficient (Wildman–Crippen LogP) is 4.79. The van der Waals surface area contributed by atoms with Crippen LogP contribution >= 0.6 is 0 Å². The van der Waals surface area contributed by atoms with Gasteiger partial charge in [-0.15, -0.1) is 0 Å². The highest BCUT2D eigenvalue weighted by molar-refractivity contribution is 5.18. The van der Waals surface area contributed by atoms with Gasteiger partial charge in [0.2, 0.25) is 0 Å². The van der Waals surface area contributed by atoms with Crippen molar-refractivity contribution in [2.24, 2.45) is 46.3 Å². The Kier molecular flexibility index (Phi) is 4.12. The molecule has 4 aliphatic rings. The minimum atomic E-state index is -4.53. The van der Waals surface area contributed by atoms with Gasteiger partial charge in [0.15, 0.2) is 5.60 Å². The van der Waals surface area contributed by atoms with E-state index in [1.165, 1.54) is 0 Å². The lowest BCUT2D eigenvalue weighted by Gasteiger charge is -2.50. The van der Waals surface area contributed by atoms with Crippen LogP contribution < -0.4 is 0 Å². The number of hydrogen-bond donors (Lipinski definition) is 2. The fourth-order valence-electron chi connectivity index (χ4n) is 8.41. The van der Waals surface area contributed by atoms with Gasteiger partial charge in [-0.25, -0.2) is 0 Å². The maximum Gasteiger partial charge on any atom is 0.417 e. The molecule has 4 fully saturated rings. The molecule has 0 aromatic rings. The Morgan fingerprint density at radius 2 is 1.65 bits per heavy atom. The van der Waals surface area contributed by atoms with Crippen molar-refractivity contribution >= 4 is 0 Å². The fraction of sp³-hybridized carbons (Fsp3) is 1.00. The molecule has 0 heterocycles. The molecule has 4 saturated carbocycles. The Bertz CT molecular complexity index is 578.